The smallest absolute Gasteiger partial charge is 0.325 e. The van der Waals surface area contributed by atoms with E-state index in [1.165, 1.54) is 12.1 Å². The van der Waals surface area contributed by atoms with E-state index >= 15 is 0 Å². The van der Waals surface area contributed by atoms with Crippen LogP contribution in [0.2, 0.25) is 10.0 Å². The van der Waals surface area contributed by atoms with Crippen LogP contribution >= 0.6 is 35.0 Å². The summed E-state index contributed by atoms with van der Waals surface area (Å²) in [6, 6.07) is 18.6. The third kappa shape index (κ3) is 5.55. The number of thioether (sulfide) groups is 1. The van der Waals surface area contributed by atoms with Gasteiger partial charge in [-0.3, -0.25) is 9.36 Å². The van der Waals surface area contributed by atoms with Gasteiger partial charge in [-0.15, -0.1) is 10.2 Å². The number of nitrogens with zero attached hydrogens (tertiary/aromatic N) is 3. The van der Waals surface area contributed by atoms with Crippen LogP contribution in [0.5, 0.6) is 0 Å². The Balaban J connectivity index is 1.58. The monoisotopic (exact) mass is 522 g/mol. The summed E-state index contributed by atoms with van der Waals surface area (Å²) < 4.78 is 40.5. The first-order valence-electron chi connectivity index (χ1n) is 9.78. The Labute approximate surface area is 206 Å². The van der Waals surface area contributed by atoms with Crippen molar-refractivity contribution in [2.45, 2.75) is 11.3 Å². The van der Waals surface area contributed by atoms with Crippen LogP contribution in [0, 0.1) is 0 Å². The van der Waals surface area contributed by atoms with E-state index in [1.54, 1.807) is 47.0 Å². The fourth-order valence-electron chi connectivity index (χ4n) is 3.10. The van der Waals surface area contributed by atoms with Crippen LogP contribution in [0.25, 0.3) is 17.1 Å². The SMILES string of the molecule is O=C(CSc1nnc(-c2ccccc2Cl)n1-c1ccc(Cl)cc1)Nc1cccc(C(F)(F)F)c1. The molecular weight excluding hydrogens is 508 g/mol. The number of halogens is 5. The predicted octanol–water partition coefficient (Wildman–Crippen LogP) is 6.99. The van der Waals surface area contributed by atoms with E-state index in [-0.39, 0.29) is 11.4 Å². The maximum absolute atomic E-state index is 12.9. The number of benzene rings is 3. The molecule has 1 amide bonds. The molecule has 0 bridgehead atoms. The van der Waals surface area contributed by atoms with Gasteiger partial charge in [0.05, 0.1) is 16.3 Å². The molecule has 174 valence electrons. The number of carbonyl (C=O) groups excluding carboxylic acids is 1. The van der Waals surface area contributed by atoms with Gasteiger partial charge in [0.2, 0.25) is 5.91 Å². The number of nitrogens with one attached hydrogen (secondary N) is 1. The van der Waals surface area contributed by atoms with Crippen molar-refractivity contribution in [1.29, 1.82) is 0 Å². The second-order valence-corrected chi connectivity index (χ2v) is 8.80. The van der Waals surface area contributed by atoms with Gasteiger partial charge in [0.1, 0.15) is 0 Å². The maximum atomic E-state index is 12.9. The predicted molar refractivity (Wildman–Crippen MR) is 128 cm³/mol. The molecule has 34 heavy (non-hydrogen) atoms. The van der Waals surface area contributed by atoms with E-state index in [1.807, 2.05) is 6.07 Å². The van der Waals surface area contributed by atoms with Gasteiger partial charge in [-0.1, -0.05) is 53.2 Å². The van der Waals surface area contributed by atoms with Crippen LogP contribution in [0.15, 0.2) is 78.0 Å². The third-order valence-electron chi connectivity index (χ3n) is 4.64. The van der Waals surface area contributed by atoms with Crippen molar-refractivity contribution in [2.24, 2.45) is 0 Å². The fourth-order valence-corrected chi connectivity index (χ4v) is 4.20. The summed E-state index contributed by atoms with van der Waals surface area (Å²) in [6.07, 6.45) is -4.50. The Bertz CT molecular complexity index is 1330. The summed E-state index contributed by atoms with van der Waals surface area (Å²) in [5.41, 5.74) is 0.554. The Morgan fingerprint density at radius 1 is 0.971 bits per heavy atom. The molecule has 0 atom stereocenters. The number of hydrogen-bond donors (Lipinski definition) is 1. The summed E-state index contributed by atoms with van der Waals surface area (Å²) in [4.78, 5) is 12.5. The number of aromatic nitrogens is 3. The van der Waals surface area contributed by atoms with Gasteiger partial charge in [0.15, 0.2) is 11.0 Å². The van der Waals surface area contributed by atoms with E-state index in [2.05, 4.69) is 15.5 Å². The zero-order valence-electron chi connectivity index (χ0n) is 17.2. The van der Waals surface area contributed by atoms with Crippen LogP contribution in [0.1, 0.15) is 5.56 Å². The molecule has 11 heteroatoms. The lowest BCUT2D eigenvalue weighted by molar-refractivity contribution is -0.137. The van der Waals surface area contributed by atoms with E-state index in [0.717, 1.165) is 23.9 Å². The van der Waals surface area contributed by atoms with E-state index in [4.69, 9.17) is 23.2 Å². The Hall–Kier alpha value is -3.01. The Kier molecular flexibility index (Phi) is 7.16. The highest BCUT2D eigenvalue weighted by atomic mass is 35.5. The molecule has 5 nitrogen and oxygen atoms in total. The van der Waals surface area contributed by atoms with E-state index in [9.17, 15) is 18.0 Å². The second-order valence-electron chi connectivity index (χ2n) is 7.01. The molecule has 0 aliphatic heterocycles. The van der Waals surface area contributed by atoms with E-state index < -0.39 is 17.6 Å². The highest BCUT2D eigenvalue weighted by molar-refractivity contribution is 7.99. The summed E-state index contributed by atoms with van der Waals surface area (Å²) >= 11 is 13.5. The number of anilines is 1. The van der Waals surface area contributed by atoms with Gasteiger partial charge in [0.25, 0.3) is 0 Å². The molecule has 0 spiro atoms. The lowest BCUT2D eigenvalue weighted by Gasteiger charge is -2.12. The first-order chi connectivity index (χ1) is 16.2. The molecule has 0 saturated heterocycles. The molecule has 0 radical (unpaired) electrons. The van der Waals surface area contributed by atoms with Gasteiger partial charge in [-0.25, -0.2) is 0 Å². The molecule has 0 aliphatic carbocycles. The quantitative estimate of drug-likeness (QED) is 0.277. The highest BCUT2D eigenvalue weighted by Crippen LogP contribution is 2.33. The summed E-state index contributed by atoms with van der Waals surface area (Å²) in [5.74, 6) is -0.132. The highest BCUT2D eigenvalue weighted by Gasteiger charge is 2.30. The van der Waals surface area contributed by atoms with Crippen molar-refractivity contribution in [3.05, 3.63) is 88.4 Å². The van der Waals surface area contributed by atoms with Gasteiger partial charge in [0, 0.05) is 22.0 Å². The zero-order chi connectivity index (χ0) is 24.3. The first kappa shape index (κ1) is 24.1. The molecule has 0 saturated carbocycles. The Morgan fingerprint density at radius 3 is 2.41 bits per heavy atom. The van der Waals surface area contributed by atoms with Crippen LogP contribution in [-0.4, -0.2) is 26.4 Å². The fraction of sp³-hybridized carbons (Fsp3) is 0.0870. The van der Waals surface area contributed by atoms with Crippen molar-refractivity contribution in [3.8, 4) is 17.1 Å². The summed E-state index contributed by atoms with van der Waals surface area (Å²) in [5, 5.41) is 12.4. The van der Waals surface area contributed by atoms with Gasteiger partial charge >= 0.3 is 6.18 Å². The normalized spacial score (nSPS) is 11.4. The van der Waals surface area contributed by atoms with Crippen molar-refractivity contribution < 1.29 is 18.0 Å². The zero-order valence-corrected chi connectivity index (χ0v) is 19.5. The molecule has 0 aliphatic rings. The molecule has 4 rings (SSSR count). The molecule has 1 aromatic heterocycles. The lowest BCUT2D eigenvalue weighted by Crippen LogP contribution is -2.15. The van der Waals surface area contributed by atoms with Gasteiger partial charge in [-0.2, -0.15) is 13.2 Å². The topological polar surface area (TPSA) is 59.8 Å². The number of carbonyl (C=O) groups is 1. The van der Waals surface area contributed by atoms with Crippen LogP contribution in [-0.2, 0) is 11.0 Å². The number of hydrogen-bond acceptors (Lipinski definition) is 4. The average molecular weight is 523 g/mol. The van der Waals surface area contributed by atoms with Gasteiger partial charge in [-0.05, 0) is 54.6 Å². The standard InChI is InChI=1S/C23H15Cl2F3N4OS/c24-15-8-10-17(11-9-15)32-21(18-6-1-2-7-19(18)25)30-31-22(32)34-13-20(33)29-16-5-3-4-14(12-16)23(26,27)28/h1-12H,13H2,(H,29,33). The van der Waals surface area contributed by atoms with Crippen molar-refractivity contribution in [1.82, 2.24) is 14.8 Å². The number of rotatable bonds is 6. The first-order valence-corrected chi connectivity index (χ1v) is 11.5. The lowest BCUT2D eigenvalue weighted by atomic mass is 10.2. The largest absolute Gasteiger partial charge is 0.416 e. The summed E-state index contributed by atoms with van der Waals surface area (Å²) in [7, 11) is 0. The van der Waals surface area contributed by atoms with Crippen molar-refractivity contribution in [2.75, 3.05) is 11.1 Å². The Morgan fingerprint density at radius 2 is 1.71 bits per heavy atom. The number of amides is 1. The molecule has 3 aromatic carbocycles. The second kappa shape index (κ2) is 10.1. The molecule has 4 aromatic rings. The molecule has 0 unspecified atom stereocenters. The molecular formula is C23H15Cl2F3N4OS. The minimum absolute atomic E-state index is 0.0522. The van der Waals surface area contributed by atoms with Crippen LogP contribution in [0.4, 0.5) is 18.9 Å². The van der Waals surface area contributed by atoms with Crippen LogP contribution < -0.4 is 5.32 Å². The molecule has 1 N–H and O–H groups in total. The molecule has 0 fully saturated rings. The number of alkyl halides is 3. The molecule has 1 heterocycles. The minimum atomic E-state index is -4.50. The van der Waals surface area contributed by atoms with Crippen molar-refractivity contribution in [3.63, 3.8) is 0 Å². The average Bonchev–Trinajstić information content (AvgIpc) is 3.22. The maximum Gasteiger partial charge on any atom is 0.416 e. The summed E-state index contributed by atoms with van der Waals surface area (Å²) in [6.45, 7) is 0. The van der Waals surface area contributed by atoms with Gasteiger partial charge < -0.3 is 5.32 Å². The van der Waals surface area contributed by atoms with E-state index in [0.29, 0.717) is 32.3 Å². The third-order valence-corrected chi connectivity index (χ3v) is 6.15. The van der Waals surface area contributed by atoms with Crippen LogP contribution in [0.3, 0.4) is 0 Å². The van der Waals surface area contributed by atoms with Crippen molar-refractivity contribution >= 4 is 46.6 Å². The minimum Gasteiger partial charge on any atom is -0.325 e.